The predicted octanol–water partition coefficient (Wildman–Crippen LogP) is 3.17. The molecule has 0 bridgehead atoms. The first kappa shape index (κ1) is 16.7. The lowest BCUT2D eigenvalue weighted by Gasteiger charge is -2.28. The summed E-state index contributed by atoms with van der Waals surface area (Å²) < 4.78 is 0. The molecule has 2 amide bonds. The summed E-state index contributed by atoms with van der Waals surface area (Å²) in [5, 5.41) is 0.636. The van der Waals surface area contributed by atoms with Crippen LogP contribution in [0.15, 0.2) is 24.3 Å². The summed E-state index contributed by atoms with van der Waals surface area (Å²) in [4.78, 5) is 28.2. The molecule has 2 aliphatic rings. The molecule has 0 spiro atoms. The summed E-state index contributed by atoms with van der Waals surface area (Å²) in [6, 6.07) is 7.66. The number of amides is 2. The summed E-state index contributed by atoms with van der Waals surface area (Å²) in [5.74, 6) is 1.05. The topological polar surface area (TPSA) is 40.6 Å². The van der Waals surface area contributed by atoms with Gasteiger partial charge in [0.05, 0.1) is 5.75 Å². The number of likely N-dealkylation sites (N-methyl/N-ethyl adjacent to an activating group) is 1. The van der Waals surface area contributed by atoms with Crippen molar-refractivity contribution in [1.82, 2.24) is 9.80 Å². The van der Waals surface area contributed by atoms with Crippen LogP contribution in [0, 0.1) is 5.92 Å². The van der Waals surface area contributed by atoms with Crippen LogP contribution in [0.1, 0.15) is 30.7 Å². The molecular weight excluding hydrogens is 332 g/mol. The van der Waals surface area contributed by atoms with Crippen molar-refractivity contribution in [2.24, 2.45) is 5.92 Å². The van der Waals surface area contributed by atoms with Crippen LogP contribution in [0.25, 0.3) is 0 Å². The minimum atomic E-state index is -0.0501. The van der Waals surface area contributed by atoms with Gasteiger partial charge in [-0.25, -0.2) is 0 Å². The Bertz CT molecular complexity index is 606. The van der Waals surface area contributed by atoms with Crippen LogP contribution in [-0.2, 0) is 9.59 Å². The van der Waals surface area contributed by atoms with E-state index < -0.39 is 0 Å². The first-order valence-corrected chi connectivity index (χ1v) is 9.48. The second kappa shape index (κ2) is 7.14. The van der Waals surface area contributed by atoms with Gasteiger partial charge in [-0.2, -0.15) is 0 Å². The van der Waals surface area contributed by atoms with Crippen molar-refractivity contribution in [2.75, 3.05) is 25.4 Å². The van der Waals surface area contributed by atoms with Crippen LogP contribution in [0.2, 0.25) is 5.02 Å². The third-order valence-electron chi connectivity index (χ3n) is 4.37. The molecule has 6 heteroatoms. The molecule has 0 unspecified atom stereocenters. The average Bonchev–Trinajstić information content (AvgIpc) is 3.33. The number of hydrogen-bond donors (Lipinski definition) is 0. The van der Waals surface area contributed by atoms with E-state index in [1.807, 2.05) is 41.0 Å². The molecule has 1 aliphatic carbocycles. The highest BCUT2D eigenvalue weighted by Gasteiger charge is 2.36. The maximum absolute atomic E-state index is 12.2. The van der Waals surface area contributed by atoms with Crippen molar-refractivity contribution < 1.29 is 9.59 Å². The fourth-order valence-electron chi connectivity index (χ4n) is 2.87. The highest BCUT2D eigenvalue weighted by atomic mass is 35.5. The molecule has 1 saturated heterocycles. The lowest BCUT2D eigenvalue weighted by atomic mass is 10.2. The van der Waals surface area contributed by atoms with Crippen LogP contribution in [0.4, 0.5) is 0 Å². The van der Waals surface area contributed by atoms with Gasteiger partial charge in [0.2, 0.25) is 11.8 Å². The minimum absolute atomic E-state index is 0.0501. The molecule has 1 saturated carbocycles. The van der Waals surface area contributed by atoms with Crippen LogP contribution in [0.3, 0.4) is 0 Å². The summed E-state index contributed by atoms with van der Waals surface area (Å²) in [6.45, 7) is 3.85. The Labute approximate surface area is 146 Å². The molecule has 1 heterocycles. The van der Waals surface area contributed by atoms with Gasteiger partial charge >= 0.3 is 0 Å². The van der Waals surface area contributed by atoms with Crippen molar-refractivity contribution in [3.05, 3.63) is 34.9 Å². The van der Waals surface area contributed by atoms with Gasteiger partial charge in [-0.1, -0.05) is 29.8 Å². The Hall–Kier alpha value is -1.20. The number of rotatable bonds is 6. The fraction of sp³-hybridized carbons (Fsp3) is 0.529. The Morgan fingerprint density at radius 3 is 2.78 bits per heavy atom. The number of thioether (sulfide) groups is 1. The van der Waals surface area contributed by atoms with E-state index in [4.69, 9.17) is 11.6 Å². The summed E-state index contributed by atoms with van der Waals surface area (Å²) in [7, 11) is 0. The van der Waals surface area contributed by atoms with E-state index in [-0.39, 0.29) is 23.1 Å². The van der Waals surface area contributed by atoms with E-state index in [0.29, 0.717) is 30.4 Å². The maximum atomic E-state index is 12.2. The number of halogens is 1. The van der Waals surface area contributed by atoms with E-state index in [1.54, 1.807) is 11.8 Å². The predicted molar refractivity (Wildman–Crippen MR) is 93.3 cm³/mol. The molecule has 0 aromatic heterocycles. The first-order chi connectivity index (χ1) is 11.1. The molecule has 1 aromatic rings. The molecule has 0 radical (unpaired) electrons. The Balaban J connectivity index is 1.68. The SMILES string of the molecule is CCN(CCN1C(=O)CS[C@H]1c1ccccc1Cl)C(=O)C1CC1. The largest absolute Gasteiger partial charge is 0.341 e. The molecule has 1 aliphatic heterocycles. The number of nitrogens with zero attached hydrogens (tertiary/aromatic N) is 2. The lowest BCUT2D eigenvalue weighted by Crippen LogP contribution is -2.40. The highest BCUT2D eigenvalue weighted by molar-refractivity contribution is 8.00. The van der Waals surface area contributed by atoms with Gasteiger partial charge < -0.3 is 9.80 Å². The van der Waals surface area contributed by atoms with Crippen LogP contribution >= 0.6 is 23.4 Å². The van der Waals surface area contributed by atoms with Crippen molar-refractivity contribution in [1.29, 1.82) is 0 Å². The third-order valence-corrected chi connectivity index (χ3v) is 5.95. The van der Waals surface area contributed by atoms with Gasteiger partial charge in [0.1, 0.15) is 5.37 Å². The standard InChI is InChI=1S/C17H21ClN2O2S/c1-2-19(16(22)12-7-8-12)9-10-20-15(21)11-23-17(20)13-5-3-4-6-14(13)18/h3-6,12,17H,2,7-11H2,1H3/t17-/m0/s1. The first-order valence-electron chi connectivity index (χ1n) is 8.06. The third kappa shape index (κ3) is 3.66. The van der Waals surface area contributed by atoms with Gasteiger partial charge in [0.25, 0.3) is 0 Å². The molecular formula is C17H21ClN2O2S. The quantitative estimate of drug-likeness (QED) is 0.789. The molecule has 1 aromatic carbocycles. The highest BCUT2D eigenvalue weighted by Crippen LogP contribution is 2.41. The summed E-state index contributed by atoms with van der Waals surface area (Å²) in [6.07, 6.45) is 2.02. The monoisotopic (exact) mass is 352 g/mol. The van der Waals surface area contributed by atoms with Crippen molar-refractivity contribution in [3.63, 3.8) is 0 Å². The molecule has 124 valence electrons. The lowest BCUT2D eigenvalue weighted by molar-refractivity contribution is -0.134. The number of carbonyl (C=O) groups excluding carboxylic acids is 2. The number of benzene rings is 1. The van der Waals surface area contributed by atoms with E-state index >= 15 is 0 Å². The normalized spacial score (nSPS) is 20.9. The molecule has 1 atom stereocenters. The van der Waals surface area contributed by atoms with Crippen LogP contribution in [0.5, 0.6) is 0 Å². The molecule has 4 nitrogen and oxygen atoms in total. The smallest absolute Gasteiger partial charge is 0.233 e. The van der Waals surface area contributed by atoms with Crippen LogP contribution < -0.4 is 0 Å². The Kier molecular flexibility index (Phi) is 5.17. The maximum Gasteiger partial charge on any atom is 0.233 e. The fourth-order valence-corrected chi connectivity index (χ4v) is 4.43. The van der Waals surface area contributed by atoms with E-state index in [1.165, 1.54) is 0 Å². The van der Waals surface area contributed by atoms with Gasteiger partial charge in [-0.05, 0) is 25.8 Å². The van der Waals surface area contributed by atoms with Crippen molar-refractivity contribution in [2.45, 2.75) is 25.1 Å². The van der Waals surface area contributed by atoms with E-state index in [2.05, 4.69) is 0 Å². The zero-order valence-electron chi connectivity index (χ0n) is 13.2. The minimum Gasteiger partial charge on any atom is -0.341 e. The summed E-state index contributed by atoms with van der Waals surface area (Å²) in [5.41, 5.74) is 0.974. The van der Waals surface area contributed by atoms with E-state index in [0.717, 1.165) is 18.4 Å². The second-order valence-corrected chi connectivity index (χ2v) is 7.44. The van der Waals surface area contributed by atoms with Gasteiger partial charge in [0.15, 0.2) is 0 Å². The Morgan fingerprint density at radius 1 is 1.39 bits per heavy atom. The zero-order valence-corrected chi connectivity index (χ0v) is 14.8. The van der Waals surface area contributed by atoms with E-state index in [9.17, 15) is 9.59 Å². The molecule has 3 rings (SSSR count). The molecule has 2 fully saturated rings. The summed E-state index contributed by atoms with van der Waals surface area (Å²) >= 11 is 7.89. The van der Waals surface area contributed by atoms with Crippen LogP contribution in [-0.4, -0.2) is 47.0 Å². The Morgan fingerprint density at radius 2 is 2.13 bits per heavy atom. The van der Waals surface area contributed by atoms with Gasteiger partial charge in [0, 0.05) is 36.1 Å². The second-order valence-electron chi connectivity index (χ2n) is 5.96. The van der Waals surface area contributed by atoms with Crippen molar-refractivity contribution in [3.8, 4) is 0 Å². The van der Waals surface area contributed by atoms with Gasteiger partial charge in [-0.3, -0.25) is 9.59 Å². The van der Waals surface area contributed by atoms with Crippen molar-refractivity contribution >= 4 is 35.2 Å². The van der Waals surface area contributed by atoms with Gasteiger partial charge in [-0.15, -0.1) is 11.8 Å². The number of hydrogen-bond acceptors (Lipinski definition) is 3. The molecule has 0 N–H and O–H groups in total. The molecule has 23 heavy (non-hydrogen) atoms. The average molecular weight is 353 g/mol. The zero-order chi connectivity index (χ0) is 16.4. The number of carbonyl (C=O) groups is 2.